The van der Waals surface area contributed by atoms with Crippen LogP contribution in [0.5, 0.6) is 0 Å². The minimum Gasteiger partial charge on any atom is -0.358 e. The summed E-state index contributed by atoms with van der Waals surface area (Å²) in [7, 11) is 0. The van der Waals surface area contributed by atoms with E-state index in [0.717, 1.165) is 15.4 Å². The van der Waals surface area contributed by atoms with Gasteiger partial charge in [0.1, 0.15) is 5.01 Å². The van der Waals surface area contributed by atoms with Gasteiger partial charge >= 0.3 is 0 Å². The fourth-order valence-electron chi connectivity index (χ4n) is 1.60. The van der Waals surface area contributed by atoms with E-state index in [1.807, 2.05) is 22.9 Å². The summed E-state index contributed by atoms with van der Waals surface area (Å²) in [5.41, 5.74) is 1.54. The molecule has 3 aromatic heterocycles. The molecule has 3 nitrogen and oxygen atoms in total. The van der Waals surface area contributed by atoms with Crippen molar-refractivity contribution < 1.29 is 4.79 Å². The second kappa shape index (κ2) is 4.27. The average molecular weight is 260 g/mol. The third-order valence-electron chi connectivity index (χ3n) is 2.38. The molecule has 0 aromatic carbocycles. The third kappa shape index (κ3) is 1.83. The summed E-state index contributed by atoms with van der Waals surface area (Å²) in [6, 6.07) is 5.55. The van der Waals surface area contributed by atoms with Gasteiger partial charge in [-0.1, -0.05) is 0 Å². The summed E-state index contributed by atoms with van der Waals surface area (Å²) in [5.74, 6) is 0.0233. The largest absolute Gasteiger partial charge is 0.358 e. The normalized spacial score (nSPS) is 10.6. The summed E-state index contributed by atoms with van der Waals surface area (Å²) in [6.45, 7) is 0. The summed E-state index contributed by atoms with van der Waals surface area (Å²) < 4.78 is 0. The van der Waals surface area contributed by atoms with Crippen molar-refractivity contribution in [2.45, 2.75) is 0 Å². The Morgan fingerprint density at radius 2 is 2.18 bits per heavy atom. The van der Waals surface area contributed by atoms with E-state index in [4.69, 9.17) is 0 Å². The van der Waals surface area contributed by atoms with Crippen LogP contribution in [0.4, 0.5) is 0 Å². The van der Waals surface area contributed by atoms with Gasteiger partial charge in [-0.15, -0.1) is 22.7 Å². The number of rotatable bonds is 3. The number of aromatic nitrogens is 2. The highest BCUT2D eigenvalue weighted by Crippen LogP contribution is 2.31. The Morgan fingerprint density at radius 1 is 1.24 bits per heavy atom. The molecule has 3 rings (SSSR count). The van der Waals surface area contributed by atoms with Crippen LogP contribution >= 0.6 is 22.7 Å². The van der Waals surface area contributed by atoms with Crippen molar-refractivity contribution in [1.82, 2.24) is 9.97 Å². The highest BCUT2D eigenvalue weighted by molar-refractivity contribution is 7.15. The van der Waals surface area contributed by atoms with Crippen LogP contribution in [0, 0.1) is 0 Å². The highest BCUT2D eigenvalue weighted by atomic mass is 32.1. The molecule has 0 bridgehead atoms. The van der Waals surface area contributed by atoms with Crippen molar-refractivity contribution in [3.63, 3.8) is 0 Å². The number of nitrogens with zero attached hydrogens (tertiary/aromatic N) is 1. The number of hydrogen-bond donors (Lipinski definition) is 1. The Hall–Kier alpha value is -1.72. The number of thiophene rings is 1. The molecule has 84 valence electrons. The van der Waals surface area contributed by atoms with Gasteiger partial charge in [-0.05, 0) is 23.6 Å². The van der Waals surface area contributed by atoms with E-state index in [2.05, 4.69) is 9.97 Å². The highest BCUT2D eigenvalue weighted by Gasteiger charge is 2.18. The molecule has 3 heterocycles. The van der Waals surface area contributed by atoms with Crippen molar-refractivity contribution in [3.05, 3.63) is 51.9 Å². The molecule has 0 aliphatic rings. The molecule has 0 fully saturated rings. The lowest BCUT2D eigenvalue weighted by molar-refractivity contribution is 0.103. The van der Waals surface area contributed by atoms with Gasteiger partial charge in [-0.2, -0.15) is 0 Å². The van der Waals surface area contributed by atoms with Crippen LogP contribution in [0.15, 0.2) is 41.4 Å². The first-order chi connectivity index (χ1) is 8.36. The summed E-state index contributed by atoms with van der Waals surface area (Å²) in [6.07, 6.45) is 3.50. The van der Waals surface area contributed by atoms with E-state index in [9.17, 15) is 4.79 Å². The average Bonchev–Trinajstić information content (AvgIpc) is 3.09. The van der Waals surface area contributed by atoms with Crippen LogP contribution in [0.3, 0.4) is 0 Å². The predicted octanol–water partition coefficient (Wildman–Crippen LogP) is 3.43. The Labute approximate surface area is 106 Å². The molecule has 0 saturated carbocycles. The zero-order chi connectivity index (χ0) is 11.7. The number of hydrogen-bond acceptors (Lipinski definition) is 4. The molecule has 0 saturated heterocycles. The maximum Gasteiger partial charge on any atom is 0.219 e. The van der Waals surface area contributed by atoms with Crippen LogP contribution in [-0.4, -0.2) is 15.8 Å². The molecule has 0 radical (unpaired) electrons. The van der Waals surface area contributed by atoms with E-state index in [1.165, 1.54) is 11.3 Å². The van der Waals surface area contributed by atoms with Gasteiger partial charge in [0.15, 0.2) is 0 Å². The van der Waals surface area contributed by atoms with Gasteiger partial charge in [0.05, 0.1) is 10.6 Å². The standard InChI is InChI=1S/C12H8N2OS2/c15-10(9-2-1-4-13-9)11-8(3-6-16-11)12-14-5-7-17-12/h1-7,13H. The first kappa shape index (κ1) is 10.4. The van der Waals surface area contributed by atoms with Crippen LogP contribution in [0.25, 0.3) is 10.6 Å². The minimum absolute atomic E-state index is 0.0233. The fourth-order valence-corrected chi connectivity index (χ4v) is 3.19. The van der Waals surface area contributed by atoms with Gasteiger partial charge < -0.3 is 4.98 Å². The number of nitrogens with one attached hydrogen (secondary N) is 1. The minimum atomic E-state index is 0.0233. The SMILES string of the molecule is O=C(c1ccc[nH]1)c1sccc1-c1nccs1. The lowest BCUT2D eigenvalue weighted by Gasteiger charge is -1.98. The Balaban J connectivity index is 2.05. The molecule has 0 spiro atoms. The Kier molecular flexibility index (Phi) is 2.62. The second-order valence-corrected chi connectivity index (χ2v) is 5.22. The first-order valence-electron chi connectivity index (χ1n) is 5.01. The van der Waals surface area contributed by atoms with Gasteiger partial charge in [0.2, 0.25) is 5.78 Å². The molecular weight excluding hydrogens is 252 g/mol. The van der Waals surface area contributed by atoms with Gasteiger partial charge in [-0.25, -0.2) is 4.98 Å². The molecule has 17 heavy (non-hydrogen) atoms. The first-order valence-corrected chi connectivity index (χ1v) is 6.77. The smallest absolute Gasteiger partial charge is 0.219 e. The summed E-state index contributed by atoms with van der Waals surface area (Å²) in [5, 5.41) is 4.73. The number of aromatic amines is 1. The quantitative estimate of drug-likeness (QED) is 0.733. The number of H-pyrrole nitrogens is 1. The maximum absolute atomic E-state index is 12.2. The molecule has 1 N–H and O–H groups in total. The number of carbonyl (C=O) groups is 1. The van der Waals surface area contributed by atoms with Crippen molar-refractivity contribution in [2.75, 3.05) is 0 Å². The topological polar surface area (TPSA) is 45.8 Å². The van der Waals surface area contributed by atoms with Crippen molar-refractivity contribution in [1.29, 1.82) is 0 Å². The van der Waals surface area contributed by atoms with Crippen molar-refractivity contribution in [2.24, 2.45) is 0 Å². The second-order valence-electron chi connectivity index (χ2n) is 3.41. The molecule has 0 unspecified atom stereocenters. The Bertz CT molecular complexity index is 623. The molecule has 3 aromatic rings. The zero-order valence-corrected chi connectivity index (χ0v) is 10.3. The molecule has 0 aliphatic carbocycles. The molecule has 5 heteroatoms. The van der Waals surface area contributed by atoms with Crippen LogP contribution < -0.4 is 0 Å². The van der Waals surface area contributed by atoms with E-state index < -0.39 is 0 Å². The van der Waals surface area contributed by atoms with Crippen molar-refractivity contribution in [3.8, 4) is 10.6 Å². The monoisotopic (exact) mass is 260 g/mol. The molecule has 0 aliphatic heterocycles. The lowest BCUT2D eigenvalue weighted by Crippen LogP contribution is -2.00. The number of thiazole rings is 1. The zero-order valence-electron chi connectivity index (χ0n) is 8.71. The van der Waals surface area contributed by atoms with E-state index in [1.54, 1.807) is 29.8 Å². The van der Waals surface area contributed by atoms with E-state index in [0.29, 0.717) is 5.69 Å². The van der Waals surface area contributed by atoms with Gasteiger partial charge in [0.25, 0.3) is 0 Å². The van der Waals surface area contributed by atoms with Crippen LogP contribution in [0.2, 0.25) is 0 Å². The maximum atomic E-state index is 12.2. The summed E-state index contributed by atoms with van der Waals surface area (Å²) in [4.78, 5) is 20.2. The number of ketones is 1. The Morgan fingerprint density at radius 3 is 2.88 bits per heavy atom. The predicted molar refractivity (Wildman–Crippen MR) is 69.7 cm³/mol. The fraction of sp³-hybridized carbons (Fsp3) is 0. The van der Waals surface area contributed by atoms with Crippen LogP contribution in [-0.2, 0) is 0 Å². The van der Waals surface area contributed by atoms with Crippen LogP contribution in [0.1, 0.15) is 15.4 Å². The lowest BCUT2D eigenvalue weighted by atomic mass is 10.1. The third-order valence-corrected chi connectivity index (χ3v) is 4.10. The molecule has 0 atom stereocenters. The molecule has 0 amide bonds. The van der Waals surface area contributed by atoms with E-state index in [-0.39, 0.29) is 5.78 Å². The number of carbonyl (C=O) groups excluding carboxylic acids is 1. The molecular formula is C12H8N2OS2. The van der Waals surface area contributed by atoms with Gasteiger partial charge in [-0.3, -0.25) is 4.79 Å². The van der Waals surface area contributed by atoms with Gasteiger partial charge in [0, 0.05) is 23.3 Å². The van der Waals surface area contributed by atoms with E-state index >= 15 is 0 Å². The summed E-state index contributed by atoms with van der Waals surface area (Å²) >= 11 is 2.99. The van der Waals surface area contributed by atoms with Crippen molar-refractivity contribution >= 4 is 28.5 Å².